The van der Waals surface area contributed by atoms with Crippen molar-refractivity contribution in [3.63, 3.8) is 0 Å². The van der Waals surface area contributed by atoms with Crippen LogP contribution in [0.2, 0.25) is 0 Å². The maximum absolute atomic E-state index is 12.4. The third-order valence-electron chi connectivity index (χ3n) is 5.51. The van der Waals surface area contributed by atoms with Crippen molar-refractivity contribution >= 4 is 11.6 Å². The highest BCUT2D eigenvalue weighted by atomic mass is 16.6. The zero-order valence-corrected chi connectivity index (χ0v) is 15.7. The molecule has 0 atom stereocenters. The van der Waals surface area contributed by atoms with E-state index in [4.69, 9.17) is 13.9 Å². The molecule has 2 aromatic rings. The molecule has 1 amide bonds. The summed E-state index contributed by atoms with van der Waals surface area (Å²) in [6, 6.07) is 5.48. The molecule has 8 nitrogen and oxygen atoms in total. The smallest absolute Gasteiger partial charge is 0.238 e. The molecular formula is C20H24N4O4. The lowest BCUT2D eigenvalue weighted by Gasteiger charge is -2.29. The number of benzene rings is 1. The number of likely N-dealkylation sites (tertiary alicyclic amines) is 1. The fourth-order valence-electron chi connectivity index (χ4n) is 3.77. The van der Waals surface area contributed by atoms with E-state index >= 15 is 0 Å². The van der Waals surface area contributed by atoms with Gasteiger partial charge in [0.2, 0.25) is 17.7 Å². The lowest BCUT2D eigenvalue weighted by Crippen LogP contribution is -2.38. The first-order valence-electron chi connectivity index (χ1n) is 10.00. The van der Waals surface area contributed by atoms with Crippen molar-refractivity contribution < 1.29 is 18.7 Å². The van der Waals surface area contributed by atoms with Crippen LogP contribution in [0.3, 0.4) is 0 Å². The first-order valence-corrected chi connectivity index (χ1v) is 10.00. The third-order valence-corrected chi connectivity index (χ3v) is 5.51. The Kier molecular flexibility index (Phi) is 4.64. The Morgan fingerprint density at radius 2 is 1.68 bits per heavy atom. The standard InChI is InChI=1S/C20H24N4O4/c25-18(21-15-3-4-16-17(11-15)27-10-9-26-16)12-24-7-5-14(6-8-24)20-23-22-19(28-20)13-1-2-13/h3-4,11,13-14H,1-2,5-10,12H2,(H,21,25). The van der Waals surface area contributed by atoms with Gasteiger partial charge in [0.25, 0.3) is 0 Å². The van der Waals surface area contributed by atoms with Gasteiger partial charge in [0.1, 0.15) is 13.2 Å². The normalized spacial score (nSPS) is 20.1. The summed E-state index contributed by atoms with van der Waals surface area (Å²) in [6.07, 6.45) is 4.20. The van der Waals surface area contributed by atoms with Gasteiger partial charge >= 0.3 is 0 Å². The van der Waals surface area contributed by atoms with E-state index in [1.54, 1.807) is 0 Å². The molecule has 28 heavy (non-hydrogen) atoms. The van der Waals surface area contributed by atoms with Crippen molar-refractivity contribution in [2.45, 2.75) is 37.5 Å². The van der Waals surface area contributed by atoms with Crippen LogP contribution in [-0.2, 0) is 4.79 Å². The highest BCUT2D eigenvalue weighted by molar-refractivity contribution is 5.92. The fraction of sp³-hybridized carbons (Fsp3) is 0.550. The Morgan fingerprint density at radius 3 is 2.39 bits per heavy atom. The Bertz CT molecular complexity index is 856. The molecule has 3 aliphatic rings. The van der Waals surface area contributed by atoms with Gasteiger partial charge in [-0.25, -0.2) is 0 Å². The van der Waals surface area contributed by atoms with Crippen LogP contribution in [0.1, 0.15) is 49.3 Å². The second-order valence-corrected chi connectivity index (χ2v) is 7.71. The number of ether oxygens (including phenoxy) is 2. The van der Waals surface area contributed by atoms with E-state index in [0.29, 0.717) is 37.3 Å². The largest absolute Gasteiger partial charge is 0.486 e. The molecule has 1 N–H and O–H groups in total. The number of rotatable bonds is 5. The first kappa shape index (κ1) is 17.5. The lowest BCUT2D eigenvalue weighted by atomic mass is 9.97. The number of anilines is 1. The lowest BCUT2D eigenvalue weighted by molar-refractivity contribution is -0.117. The van der Waals surface area contributed by atoms with Gasteiger partial charge in [0.05, 0.1) is 6.54 Å². The molecule has 1 aromatic carbocycles. The van der Waals surface area contributed by atoms with Gasteiger partial charge in [-0.2, -0.15) is 0 Å². The SMILES string of the molecule is O=C(CN1CCC(c2nnc(C3CC3)o2)CC1)Nc1ccc2c(c1)OCCO2. The zero-order chi connectivity index (χ0) is 18.9. The van der Waals surface area contributed by atoms with E-state index in [0.717, 1.165) is 49.1 Å². The first-order chi connectivity index (χ1) is 13.7. The second kappa shape index (κ2) is 7.43. The van der Waals surface area contributed by atoms with Gasteiger partial charge in [-0.05, 0) is 50.9 Å². The monoisotopic (exact) mass is 384 g/mol. The van der Waals surface area contributed by atoms with Crippen molar-refractivity contribution in [3.8, 4) is 11.5 Å². The maximum Gasteiger partial charge on any atom is 0.238 e. The fourth-order valence-corrected chi connectivity index (χ4v) is 3.77. The molecule has 1 saturated heterocycles. The maximum atomic E-state index is 12.4. The van der Waals surface area contributed by atoms with Crippen LogP contribution in [0.15, 0.2) is 22.6 Å². The molecular weight excluding hydrogens is 360 g/mol. The summed E-state index contributed by atoms with van der Waals surface area (Å²) in [5.74, 6) is 3.73. The van der Waals surface area contributed by atoms with Crippen LogP contribution >= 0.6 is 0 Å². The van der Waals surface area contributed by atoms with Crippen LogP contribution in [-0.4, -0.2) is 53.9 Å². The predicted molar refractivity (Wildman–Crippen MR) is 101 cm³/mol. The molecule has 0 spiro atoms. The van der Waals surface area contributed by atoms with Crippen LogP contribution in [0, 0.1) is 0 Å². The van der Waals surface area contributed by atoms with E-state index in [-0.39, 0.29) is 5.91 Å². The number of carbonyl (C=O) groups excluding carboxylic acids is 1. The Labute approximate surface area is 163 Å². The minimum Gasteiger partial charge on any atom is -0.486 e. The molecule has 148 valence electrons. The summed E-state index contributed by atoms with van der Waals surface area (Å²) in [6.45, 7) is 3.15. The van der Waals surface area contributed by atoms with Gasteiger partial charge in [0, 0.05) is 23.6 Å². The van der Waals surface area contributed by atoms with Gasteiger partial charge < -0.3 is 19.2 Å². The van der Waals surface area contributed by atoms with Gasteiger partial charge in [-0.3, -0.25) is 9.69 Å². The molecule has 8 heteroatoms. The number of hydrogen-bond donors (Lipinski definition) is 1. The van der Waals surface area contributed by atoms with E-state index in [9.17, 15) is 4.79 Å². The summed E-state index contributed by atoms with van der Waals surface area (Å²) in [5, 5.41) is 11.4. The Balaban J connectivity index is 1.11. The number of hydrogen-bond acceptors (Lipinski definition) is 7. The highest BCUT2D eigenvalue weighted by Crippen LogP contribution is 2.40. The number of nitrogens with zero attached hydrogens (tertiary/aromatic N) is 3. The highest BCUT2D eigenvalue weighted by Gasteiger charge is 2.32. The number of amides is 1. The number of nitrogens with one attached hydrogen (secondary N) is 1. The Hall–Kier alpha value is -2.61. The molecule has 3 heterocycles. The molecule has 1 aliphatic carbocycles. The number of carbonyl (C=O) groups is 1. The van der Waals surface area contributed by atoms with Crippen LogP contribution in [0.25, 0.3) is 0 Å². The van der Waals surface area contributed by atoms with Crippen LogP contribution < -0.4 is 14.8 Å². The van der Waals surface area contributed by atoms with Gasteiger partial charge in [-0.1, -0.05) is 0 Å². The molecule has 2 fully saturated rings. The van der Waals surface area contributed by atoms with Crippen molar-refractivity contribution in [2.24, 2.45) is 0 Å². The average molecular weight is 384 g/mol. The van der Waals surface area contributed by atoms with Gasteiger partial charge in [0.15, 0.2) is 11.5 Å². The quantitative estimate of drug-likeness (QED) is 0.847. The zero-order valence-electron chi connectivity index (χ0n) is 15.7. The third kappa shape index (κ3) is 3.82. The van der Waals surface area contributed by atoms with Gasteiger partial charge in [-0.15, -0.1) is 10.2 Å². The topological polar surface area (TPSA) is 89.7 Å². The molecule has 2 aliphatic heterocycles. The molecule has 5 rings (SSSR count). The predicted octanol–water partition coefficient (Wildman–Crippen LogP) is 2.54. The number of fused-ring (bicyclic) bond motifs is 1. The number of aromatic nitrogens is 2. The molecule has 0 unspecified atom stereocenters. The van der Waals surface area contributed by atoms with Crippen molar-refractivity contribution in [2.75, 3.05) is 38.2 Å². The van der Waals surface area contributed by atoms with Crippen LogP contribution in [0.5, 0.6) is 11.5 Å². The van der Waals surface area contributed by atoms with Crippen LogP contribution in [0.4, 0.5) is 5.69 Å². The minimum atomic E-state index is -0.0241. The van der Waals surface area contributed by atoms with E-state index in [2.05, 4.69) is 20.4 Å². The summed E-state index contributed by atoms with van der Waals surface area (Å²) >= 11 is 0. The summed E-state index contributed by atoms with van der Waals surface area (Å²) in [5.41, 5.74) is 0.725. The Morgan fingerprint density at radius 1 is 1.00 bits per heavy atom. The van der Waals surface area contributed by atoms with E-state index < -0.39 is 0 Å². The summed E-state index contributed by atoms with van der Waals surface area (Å²) < 4.78 is 16.9. The molecule has 0 radical (unpaired) electrons. The summed E-state index contributed by atoms with van der Waals surface area (Å²) in [4.78, 5) is 14.6. The van der Waals surface area contributed by atoms with E-state index in [1.165, 1.54) is 12.8 Å². The molecule has 1 aromatic heterocycles. The molecule has 0 bridgehead atoms. The number of piperidine rings is 1. The second-order valence-electron chi connectivity index (χ2n) is 7.71. The molecule has 1 saturated carbocycles. The summed E-state index contributed by atoms with van der Waals surface area (Å²) in [7, 11) is 0. The minimum absolute atomic E-state index is 0.0241. The van der Waals surface area contributed by atoms with Crippen molar-refractivity contribution in [1.29, 1.82) is 0 Å². The van der Waals surface area contributed by atoms with E-state index in [1.807, 2.05) is 18.2 Å². The average Bonchev–Trinajstić information content (AvgIpc) is 3.45. The van der Waals surface area contributed by atoms with Crippen molar-refractivity contribution in [3.05, 3.63) is 30.0 Å². The van der Waals surface area contributed by atoms with Crippen molar-refractivity contribution in [1.82, 2.24) is 15.1 Å².